The quantitative estimate of drug-likeness (QED) is 0.399. The van der Waals surface area contributed by atoms with Crippen LogP contribution in [-0.2, 0) is 16.3 Å². The topological polar surface area (TPSA) is 39.4 Å². The van der Waals surface area contributed by atoms with E-state index >= 15 is 0 Å². The molecule has 7 heteroatoms. The molecule has 1 aliphatic rings. The van der Waals surface area contributed by atoms with E-state index in [1.54, 1.807) is 0 Å². The summed E-state index contributed by atoms with van der Waals surface area (Å²) >= 11 is 12.3. The summed E-state index contributed by atoms with van der Waals surface area (Å²) < 4.78 is 8.38. The van der Waals surface area contributed by atoms with Crippen molar-refractivity contribution in [2.45, 2.75) is 6.92 Å². The molecule has 0 amide bonds. The number of halogens is 1. The second-order valence-corrected chi connectivity index (χ2v) is 11.1. The maximum atomic E-state index is 6.52. The van der Waals surface area contributed by atoms with Gasteiger partial charge in [0, 0.05) is 15.9 Å². The number of nitrogens with zero attached hydrogens (tertiary/aromatic N) is 3. The number of fused-ring (bicyclic) bond motifs is 1. The smallest absolute Gasteiger partial charge is 0.226 e. The molecule has 1 atom stereocenters. The molecular weight excluding hydrogens is 433 g/mol. The first-order valence-corrected chi connectivity index (χ1v) is 12.5. The number of aryl methyl sites for hydroxylation is 1. The largest absolute Gasteiger partial charge is 0.439 e. The Hall–Kier alpha value is -2.72. The summed E-state index contributed by atoms with van der Waals surface area (Å²) in [6.45, 7) is 1.97. The molecule has 0 fully saturated rings. The number of hydrogen-bond donors (Lipinski definition) is 0. The van der Waals surface area contributed by atoms with E-state index in [0.29, 0.717) is 10.9 Å². The molecule has 0 spiro atoms. The van der Waals surface area contributed by atoms with Crippen LogP contribution in [0.3, 0.4) is 0 Å². The van der Waals surface area contributed by atoms with Gasteiger partial charge in [-0.1, -0.05) is 60.1 Å². The lowest BCUT2D eigenvalue weighted by Crippen LogP contribution is -2.26. The Morgan fingerprint density at radius 3 is 2.20 bits per heavy atom. The average molecular weight is 450 g/mol. The molecule has 148 valence electrons. The van der Waals surface area contributed by atoms with E-state index < -0.39 is 6.26 Å². The normalized spacial score (nSPS) is 17.7. The van der Waals surface area contributed by atoms with Crippen LogP contribution in [0.15, 0.2) is 89.9 Å². The van der Waals surface area contributed by atoms with E-state index in [9.17, 15) is 0 Å². The van der Waals surface area contributed by atoms with Crippen LogP contribution >= 0.6 is 17.9 Å². The summed E-state index contributed by atoms with van der Waals surface area (Å²) in [6.07, 6.45) is -2.64. The van der Waals surface area contributed by atoms with Crippen molar-refractivity contribution in [1.29, 1.82) is 0 Å². The van der Waals surface area contributed by atoms with E-state index in [0.717, 1.165) is 33.4 Å². The van der Waals surface area contributed by atoms with Crippen molar-refractivity contribution in [2.24, 2.45) is 4.99 Å². The van der Waals surface area contributed by atoms with Crippen LogP contribution in [0.4, 0.5) is 5.82 Å². The molecule has 0 bridgehead atoms. The van der Waals surface area contributed by atoms with Gasteiger partial charge in [0.2, 0.25) is 5.90 Å². The lowest BCUT2D eigenvalue weighted by molar-refractivity contribution is 0.622. The molecule has 1 unspecified atom stereocenters. The van der Waals surface area contributed by atoms with Crippen molar-refractivity contribution in [1.82, 2.24) is 9.78 Å². The molecule has 0 N–H and O–H groups in total. The van der Waals surface area contributed by atoms with E-state index in [4.69, 9.17) is 38.0 Å². The minimum Gasteiger partial charge on any atom is -0.439 e. The lowest BCUT2D eigenvalue weighted by atomic mass is 10.2. The number of rotatable bonds is 3. The monoisotopic (exact) mass is 449 g/mol. The zero-order valence-corrected chi connectivity index (χ0v) is 18.5. The minimum absolute atomic E-state index is 0.489. The van der Waals surface area contributed by atoms with Gasteiger partial charge in [0.15, 0.2) is 12.1 Å². The van der Waals surface area contributed by atoms with Gasteiger partial charge in [-0.15, -0.1) is 0 Å². The molecule has 0 radical (unpaired) electrons. The first kappa shape index (κ1) is 19.3. The number of aromatic nitrogens is 2. The van der Waals surface area contributed by atoms with E-state index in [1.165, 1.54) is 0 Å². The second kappa shape index (κ2) is 7.51. The van der Waals surface area contributed by atoms with Crippen LogP contribution in [0.1, 0.15) is 11.3 Å². The Bertz CT molecular complexity index is 1300. The number of para-hydroxylation sites is 1. The molecule has 1 aromatic heterocycles. The Labute approximate surface area is 184 Å². The van der Waals surface area contributed by atoms with Crippen LogP contribution in [0.5, 0.6) is 0 Å². The summed E-state index contributed by atoms with van der Waals surface area (Å²) in [7, 11) is 0. The van der Waals surface area contributed by atoms with Crippen molar-refractivity contribution in [3.63, 3.8) is 0 Å². The van der Waals surface area contributed by atoms with E-state index in [2.05, 4.69) is 0 Å². The average Bonchev–Trinajstić information content (AvgIpc) is 3.12. The Kier molecular flexibility index (Phi) is 4.82. The summed E-state index contributed by atoms with van der Waals surface area (Å²) in [5.41, 5.74) is 2.59. The highest BCUT2D eigenvalue weighted by Crippen LogP contribution is 2.52. The van der Waals surface area contributed by atoms with Crippen LogP contribution in [0.2, 0.25) is 5.02 Å². The molecule has 1 aliphatic heterocycles. The molecule has 0 saturated carbocycles. The fourth-order valence-corrected chi connectivity index (χ4v) is 7.13. The fourth-order valence-electron chi connectivity index (χ4n) is 3.50. The number of aliphatic imine (C=N–C) groups is 1. The summed E-state index contributed by atoms with van der Waals surface area (Å²) in [6, 6.07) is 27.4. The highest BCUT2D eigenvalue weighted by atomic mass is 35.5. The maximum Gasteiger partial charge on any atom is 0.226 e. The van der Waals surface area contributed by atoms with Gasteiger partial charge >= 0.3 is 0 Å². The first-order chi connectivity index (χ1) is 14.6. The summed E-state index contributed by atoms with van der Waals surface area (Å²) in [4.78, 5) is 4.88. The van der Waals surface area contributed by atoms with Gasteiger partial charge in [0.25, 0.3) is 0 Å². The van der Waals surface area contributed by atoms with Crippen molar-refractivity contribution in [2.75, 3.05) is 0 Å². The van der Waals surface area contributed by atoms with E-state index in [1.807, 2.05) is 96.5 Å². The third-order valence-electron chi connectivity index (χ3n) is 4.91. The molecule has 5 rings (SSSR count). The standard InChI is InChI=1S/C23H17ClN3OPS/c1-16-21-22(27(26-16)19-8-4-2-5-9-19)25-23(17-12-14-18(24)15-13-17)28-29(21,30)20-10-6-3-7-11-20/h2-15H,1H3. The first-order valence-electron chi connectivity index (χ1n) is 9.42. The number of hydrogen-bond acceptors (Lipinski definition) is 4. The van der Waals surface area contributed by atoms with Gasteiger partial charge < -0.3 is 4.52 Å². The van der Waals surface area contributed by atoms with Crippen LogP contribution < -0.4 is 10.6 Å². The zero-order chi connectivity index (χ0) is 20.7. The van der Waals surface area contributed by atoms with Crippen LogP contribution in [-0.4, -0.2) is 15.7 Å². The van der Waals surface area contributed by atoms with Crippen LogP contribution in [0.25, 0.3) is 5.69 Å². The summed E-state index contributed by atoms with van der Waals surface area (Å²) in [5.74, 6) is 1.21. The summed E-state index contributed by atoms with van der Waals surface area (Å²) in [5, 5.41) is 7.32. The zero-order valence-electron chi connectivity index (χ0n) is 16.1. The van der Waals surface area contributed by atoms with Gasteiger partial charge in [0.1, 0.15) is 0 Å². The molecule has 4 nitrogen and oxygen atoms in total. The molecule has 4 aromatic rings. The van der Waals surface area contributed by atoms with Gasteiger partial charge in [-0.25, -0.2) is 4.68 Å². The Morgan fingerprint density at radius 2 is 1.53 bits per heavy atom. The molecular formula is C23H17ClN3OPS. The highest BCUT2D eigenvalue weighted by molar-refractivity contribution is 8.19. The van der Waals surface area contributed by atoms with E-state index in [-0.39, 0.29) is 0 Å². The second-order valence-electron chi connectivity index (χ2n) is 6.91. The Balaban J connectivity index is 1.79. The lowest BCUT2D eigenvalue weighted by Gasteiger charge is -2.28. The van der Waals surface area contributed by atoms with Gasteiger partial charge in [0.05, 0.1) is 16.7 Å². The van der Waals surface area contributed by atoms with Gasteiger partial charge in [-0.05, 0) is 55.1 Å². The predicted octanol–water partition coefficient (Wildman–Crippen LogP) is 5.29. The number of benzene rings is 3. The van der Waals surface area contributed by atoms with Crippen molar-refractivity contribution < 1.29 is 4.52 Å². The van der Waals surface area contributed by atoms with Crippen LogP contribution in [0, 0.1) is 6.92 Å². The molecule has 0 aliphatic carbocycles. The molecule has 3 aromatic carbocycles. The van der Waals surface area contributed by atoms with Crippen molar-refractivity contribution in [3.8, 4) is 5.69 Å². The van der Waals surface area contributed by atoms with Crippen molar-refractivity contribution >= 4 is 52.0 Å². The SMILES string of the molecule is Cc1nn(-c2ccccc2)c2c1P(=S)(c1ccccc1)OC(c1ccc(Cl)cc1)=N2. The molecule has 30 heavy (non-hydrogen) atoms. The minimum atomic E-state index is -2.64. The highest BCUT2D eigenvalue weighted by Gasteiger charge is 2.38. The van der Waals surface area contributed by atoms with Gasteiger partial charge in [-0.3, -0.25) is 0 Å². The molecule has 2 heterocycles. The maximum absolute atomic E-state index is 6.52. The van der Waals surface area contributed by atoms with Crippen molar-refractivity contribution in [3.05, 3.63) is 101 Å². The fraction of sp³-hybridized carbons (Fsp3) is 0.0435. The van der Waals surface area contributed by atoms with Gasteiger partial charge in [-0.2, -0.15) is 10.1 Å². The molecule has 0 saturated heterocycles. The predicted molar refractivity (Wildman–Crippen MR) is 127 cm³/mol. The third kappa shape index (κ3) is 3.20. The third-order valence-corrected chi connectivity index (χ3v) is 9.09. The Morgan fingerprint density at radius 1 is 0.900 bits per heavy atom.